The predicted molar refractivity (Wildman–Crippen MR) is 88.4 cm³/mol. The molecule has 0 spiro atoms. The summed E-state index contributed by atoms with van der Waals surface area (Å²) in [6.07, 6.45) is 4.46. The highest BCUT2D eigenvalue weighted by Gasteiger charge is 2.28. The van der Waals surface area contributed by atoms with Crippen molar-refractivity contribution in [1.29, 1.82) is 0 Å². The number of esters is 1. The molecule has 4 nitrogen and oxygen atoms in total. The van der Waals surface area contributed by atoms with Gasteiger partial charge in [0.25, 0.3) is 6.47 Å². The van der Waals surface area contributed by atoms with Crippen molar-refractivity contribution in [3.05, 3.63) is 0 Å². The van der Waals surface area contributed by atoms with E-state index in [2.05, 4.69) is 6.92 Å². The van der Waals surface area contributed by atoms with Crippen LogP contribution in [0.1, 0.15) is 81.1 Å². The highest BCUT2D eigenvalue weighted by Crippen LogP contribution is 2.30. The molecular formula is C17H36O4. The van der Waals surface area contributed by atoms with Crippen molar-refractivity contribution < 1.29 is 19.4 Å². The topological polar surface area (TPSA) is 63.6 Å². The van der Waals surface area contributed by atoms with E-state index in [0.717, 1.165) is 12.8 Å². The molecule has 128 valence electrons. The van der Waals surface area contributed by atoms with E-state index in [9.17, 15) is 4.79 Å². The van der Waals surface area contributed by atoms with Gasteiger partial charge in [-0.25, -0.2) is 0 Å². The Morgan fingerprint density at radius 3 is 1.90 bits per heavy atom. The first kappa shape index (κ1) is 24.9. The van der Waals surface area contributed by atoms with Gasteiger partial charge in [-0.15, -0.1) is 0 Å². The monoisotopic (exact) mass is 304 g/mol. The number of hydrogen-bond acceptors (Lipinski definition) is 3. The van der Waals surface area contributed by atoms with Gasteiger partial charge in [-0.05, 0) is 39.5 Å². The minimum absolute atomic E-state index is 0.00375. The van der Waals surface area contributed by atoms with Crippen LogP contribution in [0.2, 0.25) is 0 Å². The zero-order chi connectivity index (χ0) is 17.5. The lowest BCUT2D eigenvalue weighted by molar-refractivity contribution is -0.161. The first-order chi connectivity index (χ1) is 9.80. The average Bonchev–Trinajstić information content (AvgIpc) is 2.42. The molecule has 0 aliphatic heterocycles. The molecule has 21 heavy (non-hydrogen) atoms. The Morgan fingerprint density at radius 2 is 1.57 bits per heavy atom. The lowest BCUT2D eigenvalue weighted by atomic mass is 9.82. The van der Waals surface area contributed by atoms with Crippen LogP contribution >= 0.6 is 0 Å². The zero-order valence-corrected chi connectivity index (χ0v) is 15.2. The quantitative estimate of drug-likeness (QED) is 0.552. The fourth-order valence-electron chi connectivity index (χ4n) is 2.03. The molecule has 0 unspecified atom stereocenters. The summed E-state index contributed by atoms with van der Waals surface area (Å²) in [7, 11) is 0. The summed E-state index contributed by atoms with van der Waals surface area (Å²) in [5.74, 6) is 0.836. The van der Waals surface area contributed by atoms with E-state index in [-0.39, 0.29) is 24.0 Å². The Hall–Kier alpha value is -1.06. The lowest BCUT2D eigenvalue weighted by Crippen LogP contribution is -2.31. The Kier molecular flexibility index (Phi) is 18.2. The molecule has 0 saturated heterocycles. The summed E-state index contributed by atoms with van der Waals surface area (Å²) in [6.45, 7) is 15.8. The minimum Gasteiger partial charge on any atom is -0.483 e. The summed E-state index contributed by atoms with van der Waals surface area (Å²) in [6, 6.07) is 0. The Morgan fingerprint density at radius 1 is 1.14 bits per heavy atom. The van der Waals surface area contributed by atoms with Crippen LogP contribution < -0.4 is 0 Å². The second-order valence-corrected chi connectivity index (χ2v) is 5.61. The van der Waals surface area contributed by atoms with Gasteiger partial charge in [0, 0.05) is 0 Å². The van der Waals surface area contributed by atoms with E-state index < -0.39 is 0 Å². The molecule has 0 bridgehead atoms. The van der Waals surface area contributed by atoms with Crippen LogP contribution in [0, 0.1) is 11.8 Å². The molecule has 1 aliphatic rings. The molecule has 1 aliphatic carbocycles. The van der Waals surface area contributed by atoms with Crippen LogP contribution in [-0.2, 0) is 14.3 Å². The van der Waals surface area contributed by atoms with Crippen molar-refractivity contribution >= 4 is 12.4 Å². The summed E-state index contributed by atoms with van der Waals surface area (Å²) in [5, 5.41) is 6.89. The van der Waals surface area contributed by atoms with Crippen LogP contribution in [0.15, 0.2) is 0 Å². The first-order valence-electron chi connectivity index (χ1n) is 8.11. The number of carbonyl (C=O) groups excluding carboxylic acids is 1. The number of ether oxygens (including phenoxy) is 1. The van der Waals surface area contributed by atoms with Crippen LogP contribution in [0.3, 0.4) is 0 Å². The van der Waals surface area contributed by atoms with Crippen LogP contribution in [0.25, 0.3) is 0 Å². The molecule has 2 atom stereocenters. The van der Waals surface area contributed by atoms with Gasteiger partial charge in [0.2, 0.25) is 0 Å². The van der Waals surface area contributed by atoms with Gasteiger partial charge in [0.05, 0.1) is 5.92 Å². The molecule has 1 N–H and O–H groups in total. The number of hydrogen-bond donors (Lipinski definition) is 1. The van der Waals surface area contributed by atoms with E-state index in [1.807, 2.05) is 48.5 Å². The molecule has 0 aromatic carbocycles. The van der Waals surface area contributed by atoms with Gasteiger partial charge in [-0.1, -0.05) is 47.5 Å². The molecule has 0 aromatic rings. The van der Waals surface area contributed by atoms with Gasteiger partial charge >= 0.3 is 5.97 Å². The van der Waals surface area contributed by atoms with Crippen molar-refractivity contribution in [3.8, 4) is 0 Å². The summed E-state index contributed by atoms with van der Waals surface area (Å²) < 4.78 is 5.39. The maximum Gasteiger partial charge on any atom is 0.309 e. The molecule has 1 fully saturated rings. The van der Waals surface area contributed by atoms with Gasteiger partial charge in [-0.3, -0.25) is 9.59 Å². The third-order valence-corrected chi connectivity index (χ3v) is 2.68. The molecular weight excluding hydrogens is 268 g/mol. The van der Waals surface area contributed by atoms with Crippen molar-refractivity contribution in [1.82, 2.24) is 0 Å². The SMILES string of the molecule is CC.CC.C[C@H]1CCC[C@@H](C(=O)OC(C)(C)C)C1.O=CO. The van der Waals surface area contributed by atoms with Gasteiger partial charge in [0.1, 0.15) is 5.60 Å². The molecule has 0 radical (unpaired) electrons. The fourth-order valence-corrected chi connectivity index (χ4v) is 2.03. The summed E-state index contributed by atoms with van der Waals surface area (Å²) in [4.78, 5) is 20.1. The molecule has 0 aromatic heterocycles. The Labute approximate surface area is 131 Å². The van der Waals surface area contributed by atoms with E-state index in [1.54, 1.807) is 0 Å². The molecule has 0 amide bonds. The average molecular weight is 304 g/mol. The predicted octanol–water partition coefficient (Wildman–Crippen LogP) is 4.91. The molecule has 1 rings (SSSR count). The van der Waals surface area contributed by atoms with E-state index in [0.29, 0.717) is 5.92 Å². The van der Waals surface area contributed by atoms with E-state index in [4.69, 9.17) is 14.6 Å². The van der Waals surface area contributed by atoms with Gasteiger partial charge in [-0.2, -0.15) is 0 Å². The van der Waals surface area contributed by atoms with Crippen molar-refractivity contribution in [3.63, 3.8) is 0 Å². The lowest BCUT2D eigenvalue weighted by Gasteiger charge is -2.28. The number of rotatable bonds is 1. The Bertz CT molecular complexity index is 244. The van der Waals surface area contributed by atoms with Crippen molar-refractivity contribution in [2.24, 2.45) is 11.8 Å². The molecule has 1 saturated carbocycles. The number of carboxylic acid groups (broad SMARTS) is 1. The normalized spacial score (nSPS) is 20.2. The maximum absolute atomic E-state index is 11.7. The fraction of sp³-hybridized carbons (Fsp3) is 0.882. The molecule has 4 heteroatoms. The van der Waals surface area contributed by atoms with Crippen LogP contribution in [-0.4, -0.2) is 23.1 Å². The maximum atomic E-state index is 11.7. The zero-order valence-electron chi connectivity index (χ0n) is 15.2. The van der Waals surface area contributed by atoms with Crippen LogP contribution in [0.5, 0.6) is 0 Å². The highest BCUT2D eigenvalue weighted by molar-refractivity contribution is 5.73. The second kappa shape index (κ2) is 15.3. The molecule has 0 heterocycles. The van der Waals surface area contributed by atoms with Gasteiger partial charge < -0.3 is 9.84 Å². The Balaban J connectivity index is -0.000000399. The van der Waals surface area contributed by atoms with Gasteiger partial charge in [0.15, 0.2) is 0 Å². The summed E-state index contributed by atoms with van der Waals surface area (Å²) in [5.41, 5.74) is -0.336. The first-order valence-corrected chi connectivity index (χ1v) is 8.11. The van der Waals surface area contributed by atoms with E-state index >= 15 is 0 Å². The minimum atomic E-state index is -0.336. The highest BCUT2D eigenvalue weighted by atomic mass is 16.6. The summed E-state index contributed by atoms with van der Waals surface area (Å²) >= 11 is 0. The third-order valence-electron chi connectivity index (χ3n) is 2.68. The van der Waals surface area contributed by atoms with Crippen molar-refractivity contribution in [2.75, 3.05) is 0 Å². The number of carbonyl (C=O) groups is 2. The second-order valence-electron chi connectivity index (χ2n) is 5.61. The van der Waals surface area contributed by atoms with Crippen LogP contribution in [0.4, 0.5) is 0 Å². The third kappa shape index (κ3) is 16.9. The standard InChI is InChI=1S/C12H22O2.2C2H6.CH2O2/c1-9-6-5-7-10(8-9)11(13)14-12(2,3)4;2*1-2;2-1-3/h9-10H,5-8H2,1-4H3;2*1-2H3;1H,(H,2,3)/t9-,10+;;;/m0.../s1. The largest absolute Gasteiger partial charge is 0.483 e. The van der Waals surface area contributed by atoms with Crippen molar-refractivity contribution in [2.45, 2.75) is 86.7 Å². The van der Waals surface area contributed by atoms with E-state index in [1.165, 1.54) is 12.8 Å². The smallest absolute Gasteiger partial charge is 0.309 e.